The number of anilines is 1. The van der Waals surface area contributed by atoms with Crippen molar-refractivity contribution in [2.24, 2.45) is 0 Å². The monoisotopic (exact) mass is 422 g/mol. The molecule has 2 heterocycles. The number of likely N-dealkylation sites (tertiary alicyclic amines) is 1. The second kappa shape index (κ2) is 8.94. The highest BCUT2D eigenvalue weighted by molar-refractivity contribution is 7.92. The molecule has 8 nitrogen and oxygen atoms in total. The summed E-state index contributed by atoms with van der Waals surface area (Å²) < 4.78 is 30.3. The molecule has 1 amide bonds. The standard InChI is InChI=1S/C20H26N2O6S/c1-29(26,27)22-11-5-6-15-12-16(8-9-17(15)22)18(23)14-28-20(25)13-21-10-4-2-3-7-19(21)24/h8-9,12H,2-7,10-11,13-14H2,1H3. The third kappa shape index (κ3) is 5.35. The van der Waals surface area contributed by atoms with Gasteiger partial charge in [-0.25, -0.2) is 8.42 Å². The van der Waals surface area contributed by atoms with Gasteiger partial charge in [0.05, 0.1) is 11.9 Å². The van der Waals surface area contributed by atoms with Crippen molar-refractivity contribution in [3.05, 3.63) is 29.3 Å². The number of Topliss-reactive ketones (excluding diaryl/α,β-unsaturated/α-hetero) is 1. The van der Waals surface area contributed by atoms with Crippen LogP contribution in [0, 0.1) is 0 Å². The van der Waals surface area contributed by atoms with Crippen LogP contribution in [0.1, 0.15) is 48.0 Å². The zero-order chi connectivity index (χ0) is 21.0. The minimum absolute atomic E-state index is 0.0594. The molecule has 1 aromatic rings. The lowest BCUT2D eigenvalue weighted by Crippen LogP contribution is -2.36. The van der Waals surface area contributed by atoms with Crippen molar-refractivity contribution in [2.75, 3.05) is 36.8 Å². The predicted molar refractivity (Wildman–Crippen MR) is 107 cm³/mol. The van der Waals surface area contributed by atoms with Crippen molar-refractivity contribution in [3.63, 3.8) is 0 Å². The van der Waals surface area contributed by atoms with Gasteiger partial charge in [-0.2, -0.15) is 0 Å². The van der Waals surface area contributed by atoms with Crippen LogP contribution in [0.15, 0.2) is 18.2 Å². The van der Waals surface area contributed by atoms with Crippen LogP contribution in [0.2, 0.25) is 0 Å². The van der Waals surface area contributed by atoms with Gasteiger partial charge in [0.2, 0.25) is 15.9 Å². The Balaban J connectivity index is 1.60. The summed E-state index contributed by atoms with van der Waals surface area (Å²) >= 11 is 0. The highest BCUT2D eigenvalue weighted by atomic mass is 32.2. The van der Waals surface area contributed by atoms with Crippen molar-refractivity contribution in [1.82, 2.24) is 4.90 Å². The molecular formula is C20H26N2O6S. The molecule has 0 aliphatic carbocycles. The molecule has 0 saturated carbocycles. The number of benzene rings is 1. The molecule has 2 aliphatic rings. The third-order valence-corrected chi connectivity index (χ3v) is 6.41. The van der Waals surface area contributed by atoms with Crippen LogP contribution in [-0.4, -0.2) is 63.5 Å². The Labute approximate surface area is 170 Å². The van der Waals surface area contributed by atoms with Gasteiger partial charge in [-0.15, -0.1) is 0 Å². The van der Waals surface area contributed by atoms with Crippen molar-refractivity contribution < 1.29 is 27.5 Å². The fourth-order valence-electron chi connectivity index (χ4n) is 3.72. The van der Waals surface area contributed by atoms with Crippen LogP contribution in [0.4, 0.5) is 5.69 Å². The van der Waals surface area contributed by atoms with Crippen molar-refractivity contribution in [3.8, 4) is 0 Å². The van der Waals surface area contributed by atoms with Crippen LogP contribution in [0.25, 0.3) is 0 Å². The minimum atomic E-state index is -3.37. The normalized spacial score (nSPS) is 17.5. The van der Waals surface area contributed by atoms with Gasteiger partial charge >= 0.3 is 5.97 Å². The lowest BCUT2D eigenvalue weighted by Gasteiger charge is -2.29. The van der Waals surface area contributed by atoms with Crippen LogP contribution < -0.4 is 4.31 Å². The molecule has 158 valence electrons. The van der Waals surface area contributed by atoms with Gasteiger partial charge in [-0.3, -0.25) is 18.7 Å². The molecule has 0 radical (unpaired) electrons. The van der Waals surface area contributed by atoms with Gasteiger partial charge in [0.25, 0.3) is 0 Å². The number of aryl methyl sites for hydroxylation is 1. The molecule has 2 aliphatic heterocycles. The van der Waals surface area contributed by atoms with E-state index in [1.54, 1.807) is 18.2 Å². The number of fused-ring (bicyclic) bond motifs is 1. The smallest absolute Gasteiger partial charge is 0.326 e. The maximum atomic E-state index is 12.4. The number of carbonyl (C=O) groups excluding carboxylic acids is 3. The first kappa shape index (κ1) is 21.3. The number of nitrogens with zero attached hydrogens (tertiary/aromatic N) is 2. The summed E-state index contributed by atoms with van der Waals surface area (Å²) in [4.78, 5) is 37.9. The van der Waals surface area contributed by atoms with Crippen LogP contribution in [0.3, 0.4) is 0 Å². The van der Waals surface area contributed by atoms with E-state index in [0.717, 1.165) is 31.1 Å². The molecule has 1 fully saturated rings. The van der Waals surface area contributed by atoms with Gasteiger partial charge in [-0.05, 0) is 49.4 Å². The van der Waals surface area contributed by atoms with Gasteiger partial charge < -0.3 is 9.64 Å². The number of hydrogen-bond donors (Lipinski definition) is 0. The van der Waals surface area contributed by atoms with Crippen molar-refractivity contribution in [1.29, 1.82) is 0 Å². The number of ether oxygens (including phenoxy) is 1. The highest BCUT2D eigenvalue weighted by Gasteiger charge is 2.25. The van der Waals surface area contributed by atoms with E-state index in [2.05, 4.69) is 0 Å². The van der Waals surface area contributed by atoms with Crippen LogP contribution >= 0.6 is 0 Å². The zero-order valence-corrected chi connectivity index (χ0v) is 17.4. The Hall–Kier alpha value is -2.42. The fourth-order valence-corrected chi connectivity index (χ4v) is 4.71. The summed E-state index contributed by atoms with van der Waals surface area (Å²) in [5.41, 5.74) is 1.75. The second-order valence-corrected chi connectivity index (χ2v) is 9.40. The van der Waals surface area contributed by atoms with E-state index in [4.69, 9.17) is 4.74 Å². The van der Waals surface area contributed by atoms with Crippen LogP contribution in [0.5, 0.6) is 0 Å². The highest BCUT2D eigenvalue weighted by Crippen LogP contribution is 2.30. The topological polar surface area (TPSA) is 101 Å². The lowest BCUT2D eigenvalue weighted by molar-refractivity contribution is -0.148. The van der Waals surface area contributed by atoms with E-state index in [1.807, 2.05) is 0 Å². The molecular weight excluding hydrogens is 396 g/mol. The molecule has 0 N–H and O–H groups in total. The number of ketones is 1. The summed E-state index contributed by atoms with van der Waals surface area (Å²) in [7, 11) is -3.37. The number of hydrogen-bond acceptors (Lipinski definition) is 6. The first-order chi connectivity index (χ1) is 13.8. The maximum Gasteiger partial charge on any atom is 0.326 e. The van der Waals surface area contributed by atoms with E-state index >= 15 is 0 Å². The summed E-state index contributed by atoms with van der Waals surface area (Å²) in [6, 6.07) is 4.85. The van der Waals surface area contributed by atoms with Gasteiger partial charge in [-0.1, -0.05) is 6.42 Å². The first-order valence-corrected chi connectivity index (χ1v) is 11.7. The van der Waals surface area contributed by atoms with E-state index in [0.29, 0.717) is 43.6 Å². The van der Waals surface area contributed by atoms with Gasteiger partial charge in [0.15, 0.2) is 12.4 Å². The third-order valence-electron chi connectivity index (χ3n) is 5.23. The summed E-state index contributed by atoms with van der Waals surface area (Å²) in [5.74, 6) is -1.02. The molecule has 29 heavy (non-hydrogen) atoms. The summed E-state index contributed by atoms with van der Waals surface area (Å²) in [6.07, 6.45) is 5.61. The molecule has 0 spiro atoms. The van der Waals surface area contributed by atoms with E-state index < -0.39 is 22.6 Å². The van der Waals surface area contributed by atoms with Gasteiger partial charge in [0, 0.05) is 25.1 Å². The molecule has 1 saturated heterocycles. The Kier molecular flexibility index (Phi) is 6.56. The van der Waals surface area contributed by atoms with E-state index in [-0.39, 0.29) is 18.2 Å². The fraction of sp³-hybridized carbons (Fsp3) is 0.550. The molecule has 9 heteroatoms. The maximum absolute atomic E-state index is 12.4. The number of carbonyl (C=O) groups is 3. The molecule has 3 rings (SSSR count). The number of sulfonamides is 1. The van der Waals surface area contributed by atoms with E-state index in [9.17, 15) is 22.8 Å². The summed E-state index contributed by atoms with van der Waals surface area (Å²) in [6.45, 7) is 0.407. The minimum Gasteiger partial charge on any atom is -0.456 e. The lowest BCUT2D eigenvalue weighted by atomic mass is 9.99. The Morgan fingerprint density at radius 3 is 2.62 bits per heavy atom. The number of rotatable bonds is 6. The molecule has 0 aromatic heterocycles. The summed E-state index contributed by atoms with van der Waals surface area (Å²) in [5, 5.41) is 0. The zero-order valence-electron chi connectivity index (χ0n) is 16.6. The SMILES string of the molecule is CS(=O)(=O)N1CCCc2cc(C(=O)COC(=O)CN3CCCCCC3=O)ccc21. The Morgan fingerprint density at radius 2 is 1.86 bits per heavy atom. The first-order valence-electron chi connectivity index (χ1n) is 9.83. The average Bonchev–Trinajstić information content (AvgIpc) is 2.88. The number of amides is 1. The quantitative estimate of drug-likeness (QED) is 0.509. The van der Waals surface area contributed by atoms with Crippen molar-refractivity contribution in [2.45, 2.75) is 38.5 Å². The predicted octanol–water partition coefficient (Wildman–Crippen LogP) is 1.53. The number of esters is 1. The molecule has 0 unspecified atom stereocenters. The molecule has 1 aromatic carbocycles. The Morgan fingerprint density at radius 1 is 1.07 bits per heavy atom. The van der Waals surface area contributed by atoms with Crippen LogP contribution in [-0.2, 0) is 30.8 Å². The average molecular weight is 423 g/mol. The van der Waals surface area contributed by atoms with Gasteiger partial charge in [0.1, 0.15) is 6.54 Å². The second-order valence-electron chi connectivity index (χ2n) is 7.49. The largest absolute Gasteiger partial charge is 0.456 e. The molecule has 0 bridgehead atoms. The van der Waals surface area contributed by atoms with E-state index in [1.165, 1.54) is 9.21 Å². The van der Waals surface area contributed by atoms with Crippen molar-refractivity contribution >= 4 is 33.4 Å². The Bertz CT molecular complexity index is 912. The molecule has 0 atom stereocenters.